The van der Waals surface area contributed by atoms with Crippen molar-refractivity contribution >= 4 is 39.9 Å². The molecule has 1 unspecified atom stereocenters. The Kier molecular flexibility index (Phi) is 4.96. The number of benzene rings is 1. The molecular weight excluding hydrogens is 370 g/mol. The highest BCUT2D eigenvalue weighted by molar-refractivity contribution is 7.16. The molecular formula is C19H20ClN3O2S. The van der Waals surface area contributed by atoms with Crippen LogP contribution in [0.5, 0.6) is 0 Å². The smallest absolute Gasteiger partial charge is 0.257 e. The Morgan fingerprint density at radius 1 is 1.12 bits per heavy atom. The fraction of sp³-hybridized carbons (Fsp3) is 0.421. The Labute approximate surface area is 161 Å². The second-order valence-corrected chi connectivity index (χ2v) is 8.39. The molecule has 1 saturated carbocycles. The van der Waals surface area contributed by atoms with E-state index in [2.05, 4.69) is 15.6 Å². The first-order valence-electron chi connectivity index (χ1n) is 8.97. The van der Waals surface area contributed by atoms with Gasteiger partial charge in [0.25, 0.3) is 5.91 Å². The molecule has 1 heterocycles. The number of thiazole rings is 1. The highest BCUT2D eigenvalue weighted by atomic mass is 35.5. The summed E-state index contributed by atoms with van der Waals surface area (Å²) in [5, 5.41) is 7.14. The van der Waals surface area contributed by atoms with Crippen LogP contribution in [0.4, 0.5) is 5.13 Å². The Morgan fingerprint density at radius 2 is 1.85 bits per heavy atom. The Morgan fingerprint density at radius 3 is 2.58 bits per heavy atom. The summed E-state index contributed by atoms with van der Waals surface area (Å²) in [6.45, 7) is 0. The SMILES string of the molecule is O=C(Nc1nc2c(s1)CCC2C(=O)NC1CCCC1)c1ccc(Cl)cc1. The maximum atomic E-state index is 12.6. The number of rotatable bonds is 4. The van der Waals surface area contributed by atoms with Crippen LogP contribution in [0, 0.1) is 0 Å². The van der Waals surface area contributed by atoms with Crippen molar-refractivity contribution in [3.8, 4) is 0 Å². The fourth-order valence-corrected chi connectivity index (χ4v) is 4.84. The highest BCUT2D eigenvalue weighted by Crippen LogP contribution is 2.38. The highest BCUT2D eigenvalue weighted by Gasteiger charge is 2.34. The van der Waals surface area contributed by atoms with Crippen molar-refractivity contribution in [1.82, 2.24) is 10.3 Å². The van der Waals surface area contributed by atoms with Gasteiger partial charge in [0.15, 0.2) is 5.13 Å². The van der Waals surface area contributed by atoms with Gasteiger partial charge in [-0.15, -0.1) is 11.3 Å². The molecule has 2 N–H and O–H groups in total. The van der Waals surface area contributed by atoms with E-state index in [0.717, 1.165) is 36.3 Å². The summed E-state index contributed by atoms with van der Waals surface area (Å²) in [6.07, 6.45) is 6.18. The molecule has 0 aliphatic heterocycles. The van der Waals surface area contributed by atoms with E-state index in [0.29, 0.717) is 21.8 Å². The van der Waals surface area contributed by atoms with Crippen LogP contribution in [0.3, 0.4) is 0 Å². The molecule has 1 atom stereocenters. The van der Waals surface area contributed by atoms with Gasteiger partial charge in [-0.05, 0) is 49.9 Å². The van der Waals surface area contributed by atoms with E-state index in [1.54, 1.807) is 24.3 Å². The van der Waals surface area contributed by atoms with Crippen molar-refractivity contribution in [3.63, 3.8) is 0 Å². The van der Waals surface area contributed by atoms with E-state index in [-0.39, 0.29) is 17.7 Å². The maximum Gasteiger partial charge on any atom is 0.257 e. The standard InChI is InChI=1S/C19H20ClN3O2S/c20-12-7-5-11(6-8-12)17(24)23-19-22-16-14(9-10-15(16)26-19)18(25)21-13-3-1-2-4-13/h5-8,13-14H,1-4,9-10H2,(H,21,25)(H,22,23,24). The van der Waals surface area contributed by atoms with Gasteiger partial charge in [0.2, 0.25) is 5.91 Å². The summed E-state index contributed by atoms with van der Waals surface area (Å²) in [5.41, 5.74) is 1.36. The average molecular weight is 390 g/mol. The third kappa shape index (κ3) is 3.62. The molecule has 1 aromatic heterocycles. The van der Waals surface area contributed by atoms with E-state index in [1.807, 2.05) is 0 Å². The second kappa shape index (κ2) is 7.37. The number of carbonyl (C=O) groups is 2. The number of nitrogens with zero attached hydrogens (tertiary/aromatic N) is 1. The van der Waals surface area contributed by atoms with Crippen molar-refractivity contribution in [3.05, 3.63) is 45.4 Å². The molecule has 0 saturated heterocycles. The summed E-state index contributed by atoms with van der Waals surface area (Å²) in [6, 6.07) is 7.03. The predicted octanol–water partition coefficient (Wildman–Crippen LogP) is 4.14. The molecule has 4 rings (SSSR count). The number of amides is 2. The molecule has 1 fully saturated rings. The van der Waals surface area contributed by atoms with E-state index >= 15 is 0 Å². The number of anilines is 1. The first-order chi connectivity index (χ1) is 12.6. The monoisotopic (exact) mass is 389 g/mol. The van der Waals surface area contributed by atoms with Gasteiger partial charge >= 0.3 is 0 Å². The molecule has 136 valence electrons. The van der Waals surface area contributed by atoms with E-state index in [9.17, 15) is 9.59 Å². The van der Waals surface area contributed by atoms with Crippen LogP contribution >= 0.6 is 22.9 Å². The molecule has 1 aromatic carbocycles. The number of carbonyl (C=O) groups excluding carboxylic acids is 2. The number of hydrogen-bond acceptors (Lipinski definition) is 4. The first-order valence-corrected chi connectivity index (χ1v) is 10.2. The third-order valence-electron chi connectivity index (χ3n) is 5.06. The molecule has 2 amide bonds. The van der Waals surface area contributed by atoms with Gasteiger partial charge in [-0.3, -0.25) is 14.9 Å². The van der Waals surface area contributed by atoms with Gasteiger partial charge in [0, 0.05) is 21.5 Å². The zero-order chi connectivity index (χ0) is 18.1. The maximum absolute atomic E-state index is 12.6. The molecule has 2 aromatic rings. The van der Waals surface area contributed by atoms with Crippen molar-refractivity contribution in [1.29, 1.82) is 0 Å². The van der Waals surface area contributed by atoms with Crippen LogP contribution in [-0.2, 0) is 11.2 Å². The van der Waals surface area contributed by atoms with E-state index in [4.69, 9.17) is 11.6 Å². The number of fused-ring (bicyclic) bond motifs is 1. The van der Waals surface area contributed by atoms with Crippen molar-refractivity contribution in [2.24, 2.45) is 0 Å². The van der Waals surface area contributed by atoms with Gasteiger partial charge in [0.05, 0.1) is 11.6 Å². The Bertz CT molecular complexity index is 828. The molecule has 0 bridgehead atoms. The zero-order valence-corrected chi connectivity index (χ0v) is 15.8. The molecule has 0 spiro atoms. The van der Waals surface area contributed by atoms with Gasteiger partial charge in [-0.2, -0.15) is 0 Å². The van der Waals surface area contributed by atoms with E-state index in [1.165, 1.54) is 24.2 Å². The summed E-state index contributed by atoms with van der Waals surface area (Å²) in [7, 11) is 0. The van der Waals surface area contributed by atoms with Crippen LogP contribution in [-0.4, -0.2) is 22.8 Å². The van der Waals surface area contributed by atoms with Crippen molar-refractivity contribution < 1.29 is 9.59 Å². The Hall–Kier alpha value is -1.92. The van der Waals surface area contributed by atoms with Crippen molar-refractivity contribution in [2.75, 3.05) is 5.32 Å². The lowest BCUT2D eigenvalue weighted by Crippen LogP contribution is -2.36. The first kappa shape index (κ1) is 17.5. The normalized spacial score (nSPS) is 19.3. The van der Waals surface area contributed by atoms with Crippen LogP contribution in [0.25, 0.3) is 0 Å². The minimum atomic E-state index is -0.221. The lowest BCUT2D eigenvalue weighted by atomic mass is 10.1. The second-order valence-electron chi connectivity index (χ2n) is 6.87. The molecule has 5 nitrogen and oxygen atoms in total. The quantitative estimate of drug-likeness (QED) is 0.825. The number of hydrogen-bond donors (Lipinski definition) is 2. The molecule has 26 heavy (non-hydrogen) atoms. The lowest BCUT2D eigenvalue weighted by Gasteiger charge is -2.15. The summed E-state index contributed by atoms with van der Waals surface area (Å²) in [4.78, 5) is 30.6. The minimum Gasteiger partial charge on any atom is -0.353 e. The van der Waals surface area contributed by atoms with Crippen LogP contribution in [0.15, 0.2) is 24.3 Å². The molecule has 2 aliphatic carbocycles. The van der Waals surface area contributed by atoms with Gasteiger partial charge < -0.3 is 5.32 Å². The summed E-state index contributed by atoms with van der Waals surface area (Å²) in [5.74, 6) is -0.333. The fourth-order valence-electron chi connectivity index (χ4n) is 3.68. The minimum absolute atomic E-state index is 0.0801. The number of aryl methyl sites for hydroxylation is 1. The molecule has 7 heteroatoms. The van der Waals surface area contributed by atoms with Gasteiger partial charge in [0.1, 0.15) is 0 Å². The number of nitrogens with one attached hydrogen (secondary N) is 2. The lowest BCUT2D eigenvalue weighted by molar-refractivity contribution is -0.123. The van der Waals surface area contributed by atoms with E-state index < -0.39 is 0 Å². The largest absolute Gasteiger partial charge is 0.353 e. The topological polar surface area (TPSA) is 71.1 Å². The number of halogens is 1. The summed E-state index contributed by atoms with van der Waals surface area (Å²) >= 11 is 7.32. The Balaban J connectivity index is 1.44. The van der Waals surface area contributed by atoms with Gasteiger partial charge in [-0.25, -0.2) is 4.98 Å². The predicted molar refractivity (Wildman–Crippen MR) is 103 cm³/mol. The van der Waals surface area contributed by atoms with Crippen LogP contribution in [0.1, 0.15) is 59.0 Å². The molecule has 0 radical (unpaired) electrons. The molecule has 2 aliphatic rings. The summed E-state index contributed by atoms with van der Waals surface area (Å²) < 4.78 is 0. The van der Waals surface area contributed by atoms with Crippen LogP contribution < -0.4 is 10.6 Å². The zero-order valence-electron chi connectivity index (χ0n) is 14.3. The average Bonchev–Trinajstić information content (AvgIpc) is 3.32. The number of aromatic nitrogens is 1. The van der Waals surface area contributed by atoms with Gasteiger partial charge in [-0.1, -0.05) is 24.4 Å². The van der Waals surface area contributed by atoms with Crippen molar-refractivity contribution in [2.45, 2.75) is 50.5 Å². The third-order valence-corrected chi connectivity index (χ3v) is 6.36. The van der Waals surface area contributed by atoms with Crippen LogP contribution in [0.2, 0.25) is 5.02 Å².